The molecule has 17 heteroatoms. The van der Waals surface area contributed by atoms with Gasteiger partial charge in [0.05, 0.1) is 36.2 Å². The van der Waals surface area contributed by atoms with Crippen LogP contribution >= 0.6 is 0 Å². The number of rotatable bonds is 16. The minimum Gasteiger partial charge on any atom is -0.497 e. The SMILES string of the molecule is C=CC(=O)OC(C)(C)[C@H](NC(=O)OC(C)(C)C)C(=O)N1C[C@H](Oc2cc(-c3ccccc3)nc3cc(OC)ccc23)CC1C(O)N[C@]1(C(=O)NS(=O)(=O)C2CC2)C[C@H]1C=C. The van der Waals surface area contributed by atoms with E-state index in [2.05, 4.69) is 28.5 Å². The molecule has 3 fully saturated rings. The Morgan fingerprint density at radius 1 is 1.02 bits per heavy atom. The van der Waals surface area contributed by atoms with Crippen molar-refractivity contribution in [2.45, 2.75) is 107 Å². The molecule has 2 unspecified atom stereocenters. The lowest BCUT2D eigenvalue weighted by Crippen LogP contribution is -2.64. The second kappa shape index (κ2) is 16.9. The van der Waals surface area contributed by atoms with Crippen LogP contribution in [0.25, 0.3) is 22.2 Å². The summed E-state index contributed by atoms with van der Waals surface area (Å²) >= 11 is 0. The van der Waals surface area contributed by atoms with E-state index in [1.807, 2.05) is 30.3 Å². The molecule has 1 aliphatic heterocycles. The Hall–Kier alpha value is -5.52. The van der Waals surface area contributed by atoms with Gasteiger partial charge in [0.15, 0.2) is 6.04 Å². The summed E-state index contributed by atoms with van der Waals surface area (Å²) < 4.78 is 51.1. The molecule has 2 saturated carbocycles. The van der Waals surface area contributed by atoms with E-state index < -0.39 is 86.2 Å². The van der Waals surface area contributed by atoms with Crippen LogP contribution in [-0.4, -0.2) is 107 Å². The third-order valence-corrected chi connectivity index (χ3v) is 12.6. The number of amides is 3. The van der Waals surface area contributed by atoms with Gasteiger partial charge in [0, 0.05) is 41.5 Å². The standard InChI is InChI=1S/C43H53N5O11S/c1-9-26-23-43(26,39(52)47-60(54,55)29-17-18-29)46-37(50)33-21-28(24-48(33)38(51)36(42(6,7)58-35(49)10-2)45-40(53)59-41(3,4)5)57-34-22-31(25-14-12-11-13-15-25)44-32-20-27(56-8)16-19-30(32)34/h9-16,19-20,22,26,28-29,33,36-37,46,50H,1-2,17-18,21,23-24H2,3-8H3,(H,45,53)(H,47,52)/t26-,28-,33?,36-,37?,43-/m1/s1. The first-order valence-corrected chi connectivity index (χ1v) is 21.3. The highest BCUT2D eigenvalue weighted by molar-refractivity contribution is 7.91. The normalized spacial score (nSPS) is 22.5. The lowest BCUT2D eigenvalue weighted by molar-refractivity contribution is -0.159. The summed E-state index contributed by atoms with van der Waals surface area (Å²) in [5, 5.41) is 17.6. The highest BCUT2D eigenvalue weighted by atomic mass is 32.2. The molecule has 3 aromatic rings. The Labute approximate surface area is 349 Å². The molecule has 1 saturated heterocycles. The number of nitrogens with zero attached hydrogens (tertiary/aromatic N) is 2. The van der Waals surface area contributed by atoms with Gasteiger partial charge in [-0.2, -0.15) is 0 Å². The number of esters is 1. The first kappa shape index (κ1) is 44.0. The number of hydrogen-bond acceptors (Lipinski definition) is 13. The zero-order chi connectivity index (χ0) is 43.8. The fourth-order valence-electron chi connectivity index (χ4n) is 7.39. The van der Waals surface area contributed by atoms with Gasteiger partial charge in [-0.25, -0.2) is 23.0 Å². The zero-order valence-electron chi connectivity index (χ0n) is 34.6. The molecule has 322 valence electrons. The number of carbonyl (C=O) groups is 4. The van der Waals surface area contributed by atoms with E-state index in [9.17, 15) is 32.7 Å². The van der Waals surface area contributed by atoms with Crippen molar-refractivity contribution in [3.05, 3.63) is 79.9 Å². The highest BCUT2D eigenvalue weighted by Crippen LogP contribution is 2.46. The molecule has 0 bridgehead atoms. The number of ether oxygens (including phenoxy) is 4. The van der Waals surface area contributed by atoms with Crippen molar-refractivity contribution in [3.8, 4) is 22.8 Å². The van der Waals surface area contributed by atoms with Crippen molar-refractivity contribution in [2.75, 3.05) is 13.7 Å². The first-order chi connectivity index (χ1) is 28.2. The van der Waals surface area contributed by atoms with Crippen LogP contribution in [0.2, 0.25) is 0 Å². The average molecular weight is 848 g/mol. The van der Waals surface area contributed by atoms with E-state index in [1.165, 1.54) is 24.8 Å². The number of fused-ring (bicyclic) bond motifs is 1. The van der Waals surface area contributed by atoms with E-state index in [0.29, 0.717) is 40.9 Å². The topological polar surface area (TPSA) is 212 Å². The lowest BCUT2D eigenvalue weighted by atomic mass is 9.96. The van der Waals surface area contributed by atoms with Crippen LogP contribution in [0.3, 0.4) is 0 Å². The van der Waals surface area contributed by atoms with Crippen molar-refractivity contribution in [2.24, 2.45) is 5.92 Å². The van der Waals surface area contributed by atoms with Crippen LogP contribution in [0.1, 0.15) is 60.3 Å². The van der Waals surface area contributed by atoms with Crippen LogP contribution in [-0.2, 0) is 33.9 Å². The highest BCUT2D eigenvalue weighted by Gasteiger charge is 2.62. The van der Waals surface area contributed by atoms with Crippen LogP contribution in [0.5, 0.6) is 11.5 Å². The molecule has 16 nitrogen and oxygen atoms in total. The Kier molecular flexibility index (Phi) is 12.4. The fourth-order valence-corrected chi connectivity index (χ4v) is 8.76. The first-order valence-electron chi connectivity index (χ1n) is 19.7. The number of nitrogens with one attached hydrogen (secondary N) is 3. The van der Waals surface area contributed by atoms with Crippen LogP contribution < -0.4 is 24.8 Å². The van der Waals surface area contributed by atoms with Gasteiger partial charge in [-0.1, -0.05) is 43.0 Å². The number of alkyl carbamates (subject to hydrolysis) is 1. The number of benzene rings is 2. The predicted molar refractivity (Wildman–Crippen MR) is 222 cm³/mol. The maximum absolute atomic E-state index is 14.9. The van der Waals surface area contributed by atoms with E-state index in [1.54, 1.807) is 52.1 Å². The average Bonchev–Trinajstić information content (AvgIpc) is 4.12. The third-order valence-electron chi connectivity index (χ3n) is 10.7. The molecule has 4 N–H and O–H groups in total. The van der Waals surface area contributed by atoms with Gasteiger partial charge in [0.25, 0.3) is 5.91 Å². The van der Waals surface area contributed by atoms with Gasteiger partial charge in [-0.05, 0) is 66.0 Å². The summed E-state index contributed by atoms with van der Waals surface area (Å²) in [5.74, 6) is -2.05. The second-order valence-corrected chi connectivity index (χ2v) is 18.8. The molecule has 2 heterocycles. The van der Waals surface area contributed by atoms with Gasteiger partial charge in [-0.15, -0.1) is 6.58 Å². The van der Waals surface area contributed by atoms with Crippen LogP contribution in [0.4, 0.5) is 4.79 Å². The lowest BCUT2D eigenvalue weighted by Gasteiger charge is -2.38. The number of aromatic nitrogens is 1. The molecule has 0 spiro atoms. The number of aliphatic hydroxyl groups is 1. The van der Waals surface area contributed by atoms with Crippen molar-refractivity contribution in [1.82, 2.24) is 25.2 Å². The number of hydrogen-bond donors (Lipinski definition) is 4. The maximum Gasteiger partial charge on any atom is 0.408 e. The van der Waals surface area contributed by atoms with Crippen LogP contribution in [0.15, 0.2) is 79.9 Å². The summed E-state index contributed by atoms with van der Waals surface area (Å²) in [6.45, 7) is 14.9. The molecule has 6 rings (SSSR count). The Bertz CT molecular complexity index is 2280. The van der Waals surface area contributed by atoms with E-state index in [0.717, 1.165) is 11.6 Å². The molecule has 0 radical (unpaired) electrons. The molecule has 60 heavy (non-hydrogen) atoms. The Morgan fingerprint density at radius 2 is 1.72 bits per heavy atom. The second-order valence-electron chi connectivity index (χ2n) is 16.9. The minimum atomic E-state index is -3.95. The largest absolute Gasteiger partial charge is 0.497 e. The van der Waals surface area contributed by atoms with Gasteiger partial charge in [-0.3, -0.25) is 19.6 Å². The van der Waals surface area contributed by atoms with E-state index in [-0.39, 0.29) is 19.4 Å². The van der Waals surface area contributed by atoms with Crippen LogP contribution in [0, 0.1) is 5.92 Å². The van der Waals surface area contributed by atoms with E-state index >= 15 is 0 Å². The van der Waals surface area contributed by atoms with E-state index in [4.69, 9.17) is 23.9 Å². The summed E-state index contributed by atoms with van der Waals surface area (Å²) in [4.78, 5) is 60.6. The Morgan fingerprint density at radius 3 is 2.32 bits per heavy atom. The summed E-state index contributed by atoms with van der Waals surface area (Å²) in [6.07, 6.45) is -0.0306. The van der Waals surface area contributed by atoms with Gasteiger partial charge >= 0.3 is 12.1 Å². The van der Waals surface area contributed by atoms with Gasteiger partial charge in [0.1, 0.15) is 40.6 Å². The number of carbonyl (C=O) groups excluding carboxylic acids is 4. The van der Waals surface area contributed by atoms with Crippen molar-refractivity contribution < 1.29 is 51.6 Å². The molecule has 3 aliphatic rings. The zero-order valence-corrected chi connectivity index (χ0v) is 35.4. The number of sulfonamides is 1. The third kappa shape index (κ3) is 9.74. The number of aliphatic hydroxyl groups excluding tert-OH is 1. The monoisotopic (exact) mass is 847 g/mol. The molecule has 1 aromatic heterocycles. The molecule has 2 aromatic carbocycles. The van der Waals surface area contributed by atoms with Gasteiger partial charge < -0.3 is 34.3 Å². The predicted octanol–water partition coefficient (Wildman–Crippen LogP) is 4.12. The maximum atomic E-state index is 14.9. The molecular weight excluding hydrogens is 795 g/mol. The molecule has 6 atom stereocenters. The van der Waals surface area contributed by atoms with Crippen molar-refractivity contribution >= 4 is 44.8 Å². The summed E-state index contributed by atoms with van der Waals surface area (Å²) in [6, 6.07) is 13.9. The van der Waals surface area contributed by atoms with Crippen molar-refractivity contribution in [1.29, 1.82) is 0 Å². The fraction of sp³-hybridized carbons (Fsp3) is 0.465. The number of methoxy groups -OCH3 is 1. The molecule has 3 amide bonds. The van der Waals surface area contributed by atoms with Gasteiger partial charge in [0.2, 0.25) is 15.9 Å². The smallest absolute Gasteiger partial charge is 0.408 e. The molecular formula is C43H53N5O11S. The number of likely N-dealkylation sites (tertiary alicyclic amines) is 1. The number of pyridine rings is 1. The summed E-state index contributed by atoms with van der Waals surface area (Å²) in [7, 11) is -2.40. The quantitative estimate of drug-likeness (QED) is 0.0693. The minimum absolute atomic E-state index is 0.0105. The van der Waals surface area contributed by atoms with Crippen molar-refractivity contribution in [3.63, 3.8) is 0 Å². The molecule has 2 aliphatic carbocycles. The Balaban J connectivity index is 1.38. The summed E-state index contributed by atoms with van der Waals surface area (Å²) in [5.41, 5.74) is -2.24.